The summed E-state index contributed by atoms with van der Waals surface area (Å²) in [5, 5.41) is 12.6. The number of hydrogen-bond donors (Lipinski definition) is 1. The van der Waals surface area contributed by atoms with Crippen molar-refractivity contribution in [3.63, 3.8) is 0 Å². The lowest BCUT2D eigenvalue weighted by atomic mass is 10.1. The second-order valence-electron chi connectivity index (χ2n) is 3.14. The van der Waals surface area contributed by atoms with Crippen molar-refractivity contribution in [3.05, 3.63) is 23.1 Å². The summed E-state index contributed by atoms with van der Waals surface area (Å²) in [7, 11) is 1.67. The Morgan fingerprint density at radius 2 is 2.21 bits per heavy atom. The Balaban J connectivity index is 2.78. The van der Waals surface area contributed by atoms with E-state index in [0.29, 0.717) is 5.75 Å². The second-order valence-corrected chi connectivity index (χ2v) is 4.05. The van der Waals surface area contributed by atoms with Crippen LogP contribution in [-0.2, 0) is 6.42 Å². The highest BCUT2D eigenvalue weighted by molar-refractivity contribution is 7.17. The Kier molecular flexibility index (Phi) is 2.33. The molecule has 0 atom stereocenters. The maximum atomic E-state index is 9.49. The van der Waals surface area contributed by atoms with Gasteiger partial charge in [0.25, 0.3) is 0 Å². The first kappa shape index (κ1) is 9.34. The van der Waals surface area contributed by atoms with Gasteiger partial charge in [0.2, 0.25) is 0 Å². The Labute approximate surface area is 86.8 Å². The number of phenolic OH excluding ortho intramolecular Hbond substituents is 1. The van der Waals surface area contributed by atoms with Crippen molar-refractivity contribution in [2.24, 2.45) is 0 Å². The molecular formula is C11H12O2S. The van der Waals surface area contributed by atoms with Crippen LogP contribution in [0.5, 0.6) is 11.5 Å². The molecule has 0 saturated carbocycles. The number of hydrogen-bond acceptors (Lipinski definition) is 3. The van der Waals surface area contributed by atoms with E-state index in [2.05, 4.69) is 6.92 Å². The molecule has 1 aromatic carbocycles. The van der Waals surface area contributed by atoms with Crippen molar-refractivity contribution in [3.8, 4) is 11.5 Å². The molecule has 74 valence electrons. The van der Waals surface area contributed by atoms with Gasteiger partial charge in [-0.15, -0.1) is 11.3 Å². The minimum Gasteiger partial charge on any atom is -0.508 e. The van der Waals surface area contributed by atoms with Gasteiger partial charge in [-0.3, -0.25) is 0 Å². The number of phenols is 1. The lowest BCUT2D eigenvalue weighted by molar-refractivity contribution is 0.421. The largest absolute Gasteiger partial charge is 0.508 e. The highest BCUT2D eigenvalue weighted by Crippen LogP contribution is 2.37. The van der Waals surface area contributed by atoms with Gasteiger partial charge in [0.05, 0.1) is 7.11 Å². The summed E-state index contributed by atoms with van der Waals surface area (Å²) in [6.45, 7) is 2.07. The van der Waals surface area contributed by atoms with Crippen LogP contribution in [-0.4, -0.2) is 12.2 Å². The molecule has 1 N–H and O–H groups in total. The Hall–Kier alpha value is -1.22. The van der Waals surface area contributed by atoms with Crippen molar-refractivity contribution >= 4 is 21.4 Å². The molecule has 2 aromatic rings. The van der Waals surface area contributed by atoms with E-state index >= 15 is 0 Å². The molecule has 2 nitrogen and oxygen atoms in total. The molecule has 0 spiro atoms. The molecule has 14 heavy (non-hydrogen) atoms. The molecular weight excluding hydrogens is 196 g/mol. The number of fused-ring (bicyclic) bond motifs is 1. The molecule has 0 amide bonds. The molecule has 0 bridgehead atoms. The Bertz CT molecular complexity index is 460. The predicted molar refractivity (Wildman–Crippen MR) is 59.4 cm³/mol. The van der Waals surface area contributed by atoms with Crippen LogP contribution < -0.4 is 4.74 Å². The van der Waals surface area contributed by atoms with Gasteiger partial charge in [-0.1, -0.05) is 6.92 Å². The zero-order valence-corrected chi connectivity index (χ0v) is 9.02. The fraction of sp³-hybridized carbons (Fsp3) is 0.273. The lowest BCUT2D eigenvalue weighted by Gasteiger charge is -2.03. The maximum Gasteiger partial charge on any atom is 0.137 e. The average molecular weight is 208 g/mol. The molecule has 0 fully saturated rings. The standard InChI is InChI=1S/C11H12O2S/c1-3-7-4-8(12)5-10-11(7)9(13-2)6-14-10/h4-6,12H,3H2,1-2H3. The number of ether oxygens (including phenoxy) is 1. The molecule has 0 radical (unpaired) electrons. The number of rotatable bonds is 2. The summed E-state index contributed by atoms with van der Waals surface area (Å²) in [6, 6.07) is 3.58. The van der Waals surface area contributed by atoms with E-state index in [4.69, 9.17) is 4.74 Å². The van der Waals surface area contributed by atoms with Gasteiger partial charge in [-0.2, -0.15) is 0 Å². The molecule has 0 aliphatic carbocycles. The van der Waals surface area contributed by atoms with Crippen LogP contribution in [0.15, 0.2) is 17.5 Å². The van der Waals surface area contributed by atoms with Crippen molar-refractivity contribution in [1.29, 1.82) is 0 Å². The first-order valence-electron chi connectivity index (χ1n) is 4.53. The molecule has 0 unspecified atom stereocenters. The average Bonchev–Trinajstić information content (AvgIpc) is 2.59. The molecule has 0 aliphatic heterocycles. The van der Waals surface area contributed by atoms with Crippen molar-refractivity contribution < 1.29 is 9.84 Å². The van der Waals surface area contributed by atoms with Gasteiger partial charge >= 0.3 is 0 Å². The van der Waals surface area contributed by atoms with Gasteiger partial charge < -0.3 is 9.84 Å². The third-order valence-corrected chi connectivity index (χ3v) is 3.22. The highest BCUT2D eigenvalue weighted by Gasteiger charge is 2.09. The first-order valence-corrected chi connectivity index (χ1v) is 5.41. The minimum absolute atomic E-state index is 0.332. The quantitative estimate of drug-likeness (QED) is 0.821. The second kappa shape index (κ2) is 3.50. The van der Waals surface area contributed by atoms with Crippen LogP contribution in [0, 0.1) is 0 Å². The van der Waals surface area contributed by atoms with E-state index in [0.717, 1.165) is 27.8 Å². The van der Waals surface area contributed by atoms with E-state index in [1.54, 1.807) is 30.6 Å². The van der Waals surface area contributed by atoms with Crippen molar-refractivity contribution in [1.82, 2.24) is 0 Å². The van der Waals surface area contributed by atoms with Crippen LogP contribution in [0.4, 0.5) is 0 Å². The Morgan fingerprint density at radius 1 is 1.43 bits per heavy atom. The highest BCUT2D eigenvalue weighted by atomic mass is 32.1. The summed E-state index contributed by atoms with van der Waals surface area (Å²) >= 11 is 1.60. The van der Waals surface area contributed by atoms with E-state index < -0.39 is 0 Å². The minimum atomic E-state index is 0.332. The molecule has 0 saturated heterocycles. The fourth-order valence-electron chi connectivity index (χ4n) is 1.63. The van der Waals surface area contributed by atoms with E-state index in [1.165, 1.54) is 0 Å². The van der Waals surface area contributed by atoms with Crippen molar-refractivity contribution in [2.75, 3.05) is 7.11 Å². The number of methoxy groups -OCH3 is 1. The zero-order chi connectivity index (χ0) is 10.1. The molecule has 1 aromatic heterocycles. The number of aryl methyl sites for hydroxylation is 1. The normalized spacial score (nSPS) is 10.7. The summed E-state index contributed by atoms with van der Waals surface area (Å²) in [6.07, 6.45) is 0.901. The number of thiophene rings is 1. The van der Waals surface area contributed by atoms with Gasteiger partial charge in [-0.05, 0) is 24.1 Å². The van der Waals surface area contributed by atoms with E-state index in [1.807, 2.05) is 5.38 Å². The van der Waals surface area contributed by atoms with Gasteiger partial charge in [0.15, 0.2) is 0 Å². The maximum absolute atomic E-state index is 9.49. The van der Waals surface area contributed by atoms with Gasteiger partial charge in [0, 0.05) is 15.5 Å². The lowest BCUT2D eigenvalue weighted by Crippen LogP contribution is -1.85. The van der Waals surface area contributed by atoms with Crippen LogP contribution in [0.3, 0.4) is 0 Å². The van der Waals surface area contributed by atoms with Crippen LogP contribution >= 0.6 is 11.3 Å². The van der Waals surface area contributed by atoms with Crippen LogP contribution in [0.1, 0.15) is 12.5 Å². The zero-order valence-electron chi connectivity index (χ0n) is 8.20. The number of aromatic hydroxyl groups is 1. The molecule has 2 rings (SSSR count). The summed E-state index contributed by atoms with van der Waals surface area (Å²) in [5.74, 6) is 1.24. The van der Waals surface area contributed by atoms with Gasteiger partial charge in [-0.25, -0.2) is 0 Å². The predicted octanol–water partition coefficient (Wildman–Crippen LogP) is 3.18. The SMILES string of the molecule is CCc1cc(O)cc2scc(OC)c12. The third kappa shape index (κ3) is 1.34. The molecule has 1 heterocycles. The summed E-state index contributed by atoms with van der Waals surface area (Å²) in [4.78, 5) is 0. The van der Waals surface area contributed by atoms with Crippen LogP contribution in [0.2, 0.25) is 0 Å². The first-order chi connectivity index (χ1) is 6.76. The number of benzene rings is 1. The van der Waals surface area contributed by atoms with E-state index in [-0.39, 0.29) is 0 Å². The Morgan fingerprint density at radius 3 is 2.86 bits per heavy atom. The third-order valence-electron chi connectivity index (χ3n) is 2.31. The molecule has 0 aliphatic rings. The summed E-state index contributed by atoms with van der Waals surface area (Å²) < 4.78 is 6.36. The topological polar surface area (TPSA) is 29.5 Å². The monoisotopic (exact) mass is 208 g/mol. The van der Waals surface area contributed by atoms with E-state index in [9.17, 15) is 5.11 Å². The van der Waals surface area contributed by atoms with Crippen molar-refractivity contribution in [2.45, 2.75) is 13.3 Å². The smallest absolute Gasteiger partial charge is 0.137 e. The molecule has 3 heteroatoms. The van der Waals surface area contributed by atoms with Crippen LogP contribution in [0.25, 0.3) is 10.1 Å². The van der Waals surface area contributed by atoms with Gasteiger partial charge in [0.1, 0.15) is 11.5 Å². The fourth-order valence-corrected chi connectivity index (χ4v) is 2.62. The summed E-state index contributed by atoms with van der Waals surface area (Å²) in [5.41, 5.74) is 1.14.